The second kappa shape index (κ2) is 6.98. The molecule has 2 fully saturated rings. The maximum absolute atomic E-state index is 12.9. The van der Waals surface area contributed by atoms with Crippen LogP contribution in [0.3, 0.4) is 0 Å². The molecule has 4 rings (SSSR count). The van der Waals surface area contributed by atoms with E-state index in [0.29, 0.717) is 35.7 Å². The molecule has 1 aliphatic carbocycles. The normalized spacial score (nSPS) is 17.8. The SMILES string of the molecule is Cc1cc(-n2c(C)cc(C(=O)CN3C(=O)C(=O)N(C4CCCC4)C3=O)c2C)no1. The molecule has 0 spiro atoms. The highest BCUT2D eigenvalue weighted by atomic mass is 16.5. The quantitative estimate of drug-likeness (QED) is 0.435. The summed E-state index contributed by atoms with van der Waals surface area (Å²) in [4.78, 5) is 52.1. The van der Waals surface area contributed by atoms with E-state index in [1.807, 2.05) is 6.92 Å². The lowest BCUT2D eigenvalue weighted by Crippen LogP contribution is -2.41. The summed E-state index contributed by atoms with van der Waals surface area (Å²) in [6.07, 6.45) is 3.24. The van der Waals surface area contributed by atoms with Crippen LogP contribution in [0.2, 0.25) is 0 Å². The molecule has 3 heterocycles. The van der Waals surface area contributed by atoms with Crippen LogP contribution in [0.25, 0.3) is 5.82 Å². The molecule has 0 unspecified atom stereocenters. The van der Waals surface area contributed by atoms with Gasteiger partial charge in [0, 0.05) is 29.1 Å². The van der Waals surface area contributed by atoms with E-state index in [-0.39, 0.29) is 6.04 Å². The minimum Gasteiger partial charge on any atom is -0.360 e. The molecule has 0 atom stereocenters. The summed E-state index contributed by atoms with van der Waals surface area (Å²) in [5.74, 6) is -0.992. The minimum absolute atomic E-state index is 0.250. The van der Waals surface area contributed by atoms with Crippen molar-refractivity contribution in [1.82, 2.24) is 19.5 Å². The van der Waals surface area contributed by atoms with Crippen molar-refractivity contribution < 1.29 is 23.7 Å². The molecule has 1 saturated heterocycles. The summed E-state index contributed by atoms with van der Waals surface area (Å²) in [6, 6.07) is 2.49. The number of imide groups is 2. The number of Topliss-reactive ketones (excluding diaryl/α,β-unsaturated/α-hetero) is 1. The zero-order chi connectivity index (χ0) is 20.9. The van der Waals surface area contributed by atoms with Crippen molar-refractivity contribution >= 4 is 23.6 Å². The van der Waals surface area contributed by atoms with Gasteiger partial charge >= 0.3 is 17.8 Å². The minimum atomic E-state index is -0.934. The van der Waals surface area contributed by atoms with Gasteiger partial charge < -0.3 is 4.52 Å². The van der Waals surface area contributed by atoms with Gasteiger partial charge in [-0.1, -0.05) is 18.0 Å². The molecular formula is C20H22N4O5. The average Bonchev–Trinajstić information content (AvgIpc) is 3.43. The summed E-state index contributed by atoms with van der Waals surface area (Å²) in [6.45, 7) is 4.89. The predicted molar refractivity (Wildman–Crippen MR) is 101 cm³/mol. The molecule has 0 bridgehead atoms. The molecule has 1 aliphatic heterocycles. The number of carbonyl (C=O) groups is 4. The number of hydrogen-bond acceptors (Lipinski definition) is 6. The van der Waals surface area contributed by atoms with Crippen molar-refractivity contribution in [3.05, 3.63) is 34.8 Å². The highest BCUT2D eigenvalue weighted by molar-refractivity contribution is 6.45. The Kier molecular flexibility index (Phi) is 4.60. The molecule has 0 aromatic carbocycles. The first-order valence-corrected chi connectivity index (χ1v) is 9.64. The largest absolute Gasteiger partial charge is 0.360 e. The van der Waals surface area contributed by atoms with Gasteiger partial charge in [0.2, 0.25) is 0 Å². The monoisotopic (exact) mass is 398 g/mol. The zero-order valence-corrected chi connectivity index (χ0v) is 16.6. The fourth-order valence-corrected chi connectivity index (χ4v) is 4.23. The summed E-state index contributed by atoms with van der Waals surface area (Å²) in [5, 5.41) is 3.98. The average molecular weight is 398 g/mol. The van der Waals surface area contributed by atoms with Crippen LogP contribution in [0.4, 0.5) is 4.79 Å². The van der Waals surface area contributed by atoms with Gasteiger partial charge in [0.05, 0.1) is 6.54 Å². The highest BCUT2D eigenvalue weighted by Crippen LogP contribution is 2.28. The Labute approximate surface area is 167 Å². The lowest BCUT2D eigenvalue weighted by Gasteiger charge is -2.20. The van der Waals surface area contributed by atoms with Crippen LogP contribution in [-0.4, -0.2) is 55.7 Å². The van der Waals surface area contributed by atoms with Crippen LogP contribution in [-0.2, 0) is 9.59 Å². The standard InChI is InChI=1S/C20H22N4O5/c1-11-8-15(13(3)23(11)17-9-12(2)29-21-17)16(25)10-22-18(26)19(27)24(20(22)28)14-6-4-5-7-14/h8-9,14H,4-7,10H2,1-3H3. The van der Waals surface area contributed by atoms with E-state index in [1.54, 1.807) is 30.5 Å². The van der Waals surface area contributed by atoms with Gasteiger partial charge in [-0.15, -0.1) is 0 Å². The molecular weight excluding hydrogens is 376 g/mol. The number of ketones is 1. The molecule has 2 aliphatic rings. The van der Waals surface area contributed by atoms with Crippen LogP contribution in [0.1, 0.15) is 53.2 Å². The summed E-state index contributed by atoms with van der Waals surface area (Å²) < 4.78 is 6.88. The van der Waals surface area contributed by atoms with E-state index in [2.05, 4.69) is 5.16 Å². The lowest BCUT2D eigenvalue weighted by atomic mass is 10.1. The number of aryl methyl sites for hydroxylation is 2. The third-order valence-corrected chi connectivity index (χ3v) is 5.65. The van der Waals surface area contributed by atoms with Gasteiger partial charge in [0.1, 0.15) is 5.76 Å². The molecule has 9 nitrogen and oxygen atoms in total. The third kappa shape index (κ3) is 3.06. The van der Waals surface area contributed by atoms with Crippen molar-refractivity contribution in [1.29, 1.82) is 0 Å². The zero-order valence-electron chi connectivity index (χ0n) is 16.6. The molecule has 2 aromatic heterocycles. The predicted octanol–water partition coefficient (Wildman–Crippen LogP) is 2.31. The Hall–Kier alpha value is -3.23. The van der Waals surface area contributed by atoms with Gasteiger partial charge in [-0.05, 0) is 39.7 Å². The van der Waals surface area contributed by atoms with Gasteiger partial charge in [-0.25, -0.2) is 9.69 Å². The van der Waals surface area contributed by atoms with Crippen LogP contribution >= 0.6 is 0 Å². The topological polar surface area (TPSA) is 106 Å². The first kappa shape index (κ1) is 19.1. The van der Waals surface area contributed by atoms with Crippen molar-refractivity contribution in [2.45, 2.75) is 52.5 Å². The molecule has 0 radical (unpaired) electrons. The molecule has 1 saturated carbocycles. The fraction of sp³-hybridized carbons (Fsp3) is 0.450. The summed E-state index contributed by atoms with van der Waals surface area (Å²) in [7, 11) is 0. The Morgan fingerprint density at radius 1 is 1.10 bits per heavy atom. The Bertz CT molecular complexity index is 1030. The first-order chi connectivity index (χ1) is 13.8. The van der Waals surface area contributed by atoms with E-state index in [1.165, 1.54) is 0 Å². The molecule has 9 heteroatoms. The molecule has 29 heavy (non-hydrogen) atoms. The molecule has 0 N–H and O–H groups in total. The fourth-order valence-electron chi connectivity index (χ4n) is 4.23. The van der Waals surface area contributed by atoms with Gasteiger partial charge in [-0.3, -0.25) is 23.9 Å². The number of amides is 4. The van der Waals surface area contributed by atoms with Crippen molar-refractivity contribution in [3.63, 3.8) is 0 Å². The molecule has 2 aromatic rings. The first-order valence-electron chi connectivity index (χ1n) is 9.64. The van der Waals surface area contributed by atoms with E-state index in [9.17, 15) is 19.2 Å². The number of hydrogen-bond donors (Lipinski definition) is 0. The number of rotatable bonds is 5. The second-order valence-electron chi connectivity index (χ2n) is 7.63. The summed E-state index contributed by atoms with van der Waals surface area (Å²) >= 11 is 0. The third-order valence-electron chi connectivity index (χ3n) is 5.65. The smallest absolute Gasteiger partial charge is 0.334 e. The number of carbonyl (C=O) groups excluding carboxylic acids is 4. The molecule has 4 amide bonds. The summed E-state index contributed by atoms with van der Waals surface area (Å²) in [5.41, 5.74) is 1.76. The van der Waals surface area contributed by atoms with Crippen LogP contribution in [0, 0.1) is 20.8 Å². The maximum Gasteiger partial charge on any atom is 0.334 e. The van der Waals surface area contributed by atoms with Crippen LogP contribution < -0.4 is 0 Å². The van der Waals surface area contributed by atoms with Crippen molar-refractivity contribution in [2.24, 2.45) is 0 Å². The van der Waals surface area contributed by atoms with E-state index >= 15 is 0 Å². The maximum atomic E-state index is 12.9. The van der Waals surface area contributed by atoms with Crippen molar-refractivity contribution in [2.75, 3.05) is 6.54 Å². The Morgan fingerprint density at radius 2 is 1.79 bits per heavy atom. The molecule has 152 valence electrons. The number of nitrogens with zero attached hydrogens (tertiary/aromatic N) is 4. The van der Waals surface area contributed by atoms with E-state index in [0.717, 1.165) is 28.3 Å². The van der Waals surface area contributed by atoms with E-state index in [4.69, 9.17) is 4.52 Å². The van der Waals surface area contributed by atoms with Crippen LogP contribution in [0.15, 0.2) is 16.7 Å². The van der Waals surface area contributed by atoms with Crippen LogP contribution in [0.5, 0.6) is 0 Å². The van der Waals surface area contributed by atoms with E-state index < -0.39 is 30.2 Å². The van der Waals surface area contributed by atoms with Gasteiger partial charge in [-0.2, -0.15) is 0 Å². The Morgan fingerprint density at radius 3 is 2.41 bits per heavy atom. The number of urea groups is 1. The van der Waals surface area contributed by atoms with Gasteiger partial charge in [0.25, 0.3) is 0 Å². The number of aromatic nitrogens is 2. The second-order valence-corrected chi connectivity index (χ2v) is 7.63. The highest BCUT2D eigenvalue weighted by Gasteiger charge is 2.48. The Balaban J connectivity index is 1.58. The van der Waals surface area contributed by atoms with Gasteiger partial charge in [0.15, 0.2) is 11.6 Å². The lowest BCUT2D eigenvalue weighted by molar-refractivity contribution is -0.143. The van der Waals surface area contributed by atoms with Crippen molar-refractivity contribution in [3.8, 4) is 5.82 Å².